The maximum Gasteiger partial charge on any atom is 0.336 e. The van der Waals surface area contributed by atoms with Gasteiger partial charge in [-0.1, -0.05) is 18.2 Å². The second kappa shape index (κ2) is 5.95. The van der Waals surface area contributed by atoms with Crippen LogP contribution in [0, 0.1) is 0 Å². The highest BCUT2D eigenvalue weighted by Crippen LogP contribution is 2.33. The summed E-state index contributed by atoms with van der Waals surface area (Å²) in [5.74, 6) is -0.392. The fourth-order valence-electron chi connectivity index (χ4n) is 2.75. The van der Waals surface area contributed by atoms with Crippen LogP contribution >= 0.6 is 11.3 Å². The molecule has 1 N–H and O–H groups in total. The van der Waals surface area contributed by atoms with Gasteiger partial charge in [0, 0.05) is 16.9 Å². The van der Waals surface area contributed by atoms with Crippen LogP contribution in [-0.4, -0.2) is 41.1 Å². The van der Waals surface area contributed by atoms with Crippen molar-refractivity contribution >= 4 is 17.3 Å². The van der Waals surface area contributed by atoms with Crippen LogP contribution in [-0.2, 0) is 0 Å². The van der Waals surface area contributed by atoms with Crippen molar-refractivity contribution in [3.63, 3.8) is 0 Å². The van der Waals surface area contributed by atoms with E-state index in [0.29, 0.717) is 17.0 Å². The second-order valence-corrected chi connectivity index (χ2v) is 6.39. The topological polar surface area (TPSA) is 53.4 Å². The molecule has 1 fully saturated rings. The van der Waals surface area contributed by atoms with Gasteiger partial charge in [0.15, 0.2) is 0 Å². The van der Waals surface area contributed by atoms with Gasteiger partial charge in [-0.15, -0.1) is 11.3 Å². The molecule has 2 aromatic rings. The molecule has 4 nitrogen and oxygen atoms in total. The molecule has 0 atom stereocenters. The van der Waals surface area contributed by atoms with Crippen LogP contribution in [0.4, 0.5) is 0 Å². The highest BCUT2D eigenvalue weighted by Gasteiger charge is 2.22. The lowest BCUT2D eigenvalue weighted by Gasteiger charge is -2.27. The minimum Gasteiger partial charge on any atom is -0.478 e. The van der Waals surface area contributed by atoms with E-state index in [1.165, 1.54) is 0 Å². The van der Waals surface area contributed by atoms with E-state index in [9.17, 15) is 9.90 Å². The van der Waals surface area contributed by atoms with E-state index in [-0.39, 0.29) is 0 Å². The van der Waals surface area contributed by atoms with Gasteiger partial charge in [-0.25, -0.2) is 9.78 Å². The summed E-state index contributed by atoms with van der Waals surface area (Å²) in [5, 5.41) is 12.4. The molecule has 1 aliphatic heterocycles. The highest BCUT2D eigenvalue weighted by atomic mass is 32.1. The number of thiazole rings is 1. The van der Waals surface area contributed by atoms with Crippen LogP contribution in [0.25, 0.3) is 11.3 Å². The summed E-state index contributed by atoms with van der Waals surface area (Å²) >= 11 is 1.65. The van der Waals surface area contributed by atoms with Crippen molar-refractivity contribution in [3.05, 3.63) is 40.2 Å². The third-order valence-electron chi connectivity index (χ3n) is 4.02. The highest BCUT2D eigenvalue weighted by molar-refractivity contribution is 7.10. The molecule has 0 unspecified atom stereocenters. The second-order valence-electron chi connectivity index (χ2n) is 5.50. The minimum atomic E-state index is -0.903. The van der Waals surface area contributed by atoms with Crippen LogP contribution in [0.5, 0.6) is 0 Å². The maximum absolute atomic E-state index is 11.3. The van der Waals surface area contributed by atoms with E-state index < -0.39 is 5.97 Å². The molecular formula is C16H18N2O2S. The SMILES string of the molecule is CN1CCC(c2nc(-c3ccccc3C(=O)O)cs2)CC1. The molecular weight excluding hydrogens is 284 g/mol. The average Bonchev–Trinajstić information content (AvgIpc) is 2.97. The molecule has 2 heterocycles. The van der Waals surface area contributed by atoms with E-state index >= 15 is 0 Å². The zero-order chi connectivity index (χ0) is 14.8. The van der Waals surface area contributed by atoms with Crippen LogP contribution < -0.4 is 0 Å². The van der Waals surface area contributed by atoms with E-state index in [4.69, 9.17) is 4.98 Å². The van der Waals surface area contributed by atoms with Crippen LogP contribution in [0.3, 0.4) is 0 Å². The minimum absolute atomic E-state index is 0.317. The maximum atomic E-state index is 11.3. The molecule has 21 heavy (non-hydrogen) atoms. The van der Waals surface area contributed by atoms with E-state index in [1.54, 1.807) is 23.5 Å². The van der Waals surface area contributed by atoms with Gasteiger partial charge in [0.2, 0.25) is 0 Å². The van der Waals surface area contributed by atoms with Crippen molar-refractivity contribution in [1.82, 2.24) is 9.88 Å². The molecule has 0 amide bonds. The molecule has 3 rings (SSSR count). The van der Waals surface area contributed by atoms with Gasteiger partial charge in [-0.3, -0.25) is 0 Å². The standard InChI is InChI=1S/C16H18N2O2S/c1-18-8-6-11(7-9-18)15-17-14(10-21-15)12-4-2-3-5-13(12)16(19)20/h2-5,10-11H,6-9H2,1H3,(H,19,20). The third kappa shape index (κ3) is 2.99. The Morgan fingerprint density at radius 3 is 2.76 bits per heavy atom. The number of hydrogen-bond acceptors (Lipinski definition) is 4. The van der Waals surface area contributed by atoms with Crippen molar-refractivity contribution < 1.29 is 9.90 Å². The zero-order valence-corrected chi connectivity index (χ0v) is 12.8. The fourth-order valence-corrected chi connectivity index (χ4v) is 3.74. The lowest BCUT2D eigenvalue weighted by Crippen LogP contribution is -2.29. The molecule has 1 saturated heterocycles. The molecule has 1 aromatic heterocycles. The van der Waals surface area contributed by atoms with Crippen molar-refractivity contribution in [1.29, 1.82) is 0 Å². The molecule has 0 spiro atoms. The normalized spacial score (nSPS) is 17.0. The summed E-state index contributed by atoms with van der Waals surface area (Å²) in [6.45, 7) is 2.20. The van der Waals surface area contributed by atoms with Gasteiger partial charge >= 0.3 is 5.97 Å². The number of piperidine rings is 1. The Morgan fingerprint density at radius 2 is 2.05 bits per heavy atom. The zero-order valence-electron chi connectivity index (χ0n) is 12.0. The van der Waals surface area contributed by atoms with E-state index in [2.05, 4.69) is 11.9 Å². The molecule has 5 heteroatoms. The lowest BCUT2D eigenvalue weighted by atomic mass is 9.98. The number of likely N-dealkylation sites (tertiary alicyclic amines) is 1. The molecule has 1 aliphatic rings. The summed E-state index contributed by atoms with van der Waals surface area (Å²) in [6.07, 6.45) is 2.26. The van der Waals surface area contributed by atoms with Gasteiger partial charge in [-0.2, -0.15) is 0 Å². The summed E-state index contributed by atoms with van der Waals surface area (Å²) in [6, 6.07) is 7.07. The number of carboxylic acids is 1. The molecule has 110 valence electrons. The first-order chi connectivity index (χ1) is 10.1. The first-order valence-electron chi connectivity index (χ1n) is 7.12. The van der Waals surface area contributed by atoms with Crippen molar-refractivity contribution in [2.45, 2.75) is 18.8 Å². The number of carboxylic acid groups (broad SMARTS) is 1. The Hall–Kier alpha value is -1.72. The fraction of sp³-hybridized carbons (Fsp3) is 0.375. The van der Waals surface area contributed by atoms with Gasteiger partial charge < -0.3 is 10.0 Å². The predicted octanol–water partition coefficient (Wildman–Crippen LogP) is 3.32. The quantitative estimate of drug-likeness (QED) is 0.945. The number of benzene rings is 1. The first-order valence-corrected chi connectivity index (χ1v) is 8.00. The molecule has 0 bridgehead atoms. The van der Waals surface area contributed by atoms with Gasteiger partial charge in [-0.05, 0) is 39.0 Å². The van der Waals surface area contributed by atoms with Crippen LogP contribution in [0.2, 0.25) is 0 Å². The van der Waals surface area contributed by atoms with Gasteiger partial charge in [0.25, 0.3) is 0 Å². The Morgan fingerprint density at radius 1 is 1.33 bits per heavy atom. The summed E-state index contributed by atoms with van der Waals surface area (Å²) in [5.41, 5.74) is 1.81. The number of hydrogen-bond donors (Lipinski definition) is 1. The molecule has 1 aromatic carbocycles. The smallest absolute Gasteiger partial charge is 0.336 e. The summed E-state index contributed by atoms with van der Waals surface area (Å²) in [4.78, 5) is 18.4. The number of rotatable bonds is 3. The number of carbonyl (C=O) groups is 1. The average molecular weight is 302 g/mol. The monoisotopic (exact) mass is 302 g/mol. The number of nitrogens with zero attached hydrogens (tertiary/aromatic N) is 2. The van der Waals surface area contributed by atoms with E-state index in [1.807, 2.05) is 17.5 Å². The Labute approximate surface area is 128 Å². The van der Waals surface area contributed by atoms with E-state index in [0.717, 1.165) is 36.6 Å². The first kappa shape index (κ1) is 14.2. The summed E-state index contributed by atoms with van der Waals surface area (Å²) < 4.78 is 0. The molecule has 0 aliphatic carbocycles. The third-order valence-corrected chi connectivity index (χ3v) is 5.03. The van der Waals surface area contributed by atoms with Gasteiger partial charge in [0.05, 0.1) is 16.3 Å². The van der Waals surface area contributed by atoms with Crippen molar-refractivity contribution in [2.75, 3.05) is 20.1 Å². The molecule has 0 saturated carbocycles. The predicted molar refractivity (Wildman–Crippen MR) is 84.0 cm³/mol. The number of aromatic nitrogens is 1. The summed E-state index contributed by atoms with van der Waals surface area (Å²) in [7, 11) is 2.15. The Balaban J connectivity index is 1.87. The number of aromatic carboxylic acids is 1. The van der Waals surface area contributed by atoms with Crippen molar-refractivity contribution in [3.8, 4) is 11.3 Å². The van der Waals surface area contributed by atoms with Crippen LogP contribution in [0.15, 0.2) is 29.6 Å². The Bertz CT molecular complexity index is 645. The molecule has 0 radical (unpaired) electrons. The van der Waals surface area contributed by atoms with Crippen LogP contribution in [0.1, 0.15) is 34.1 Å². The largest absolute Gasteiger partial charge is 0.478 e. The van der Waals surface area contributed by atoms with Gasteiger partial charge in [0.1, 0.15) is 0 Å². The van der Waals surface area contributed by atoms with Crippen molar-refractivity contribution in [2.24, 2.45) is 0 Å². The Kier molecular flexibility index (Phi) is 4.03. The lowest BCUT2D eigenvalue weighted by molar-refractivity contribution is 0.0697.